The Morgan fingerprint density at radius 2 is 2.11 bits per heavy atom. The molecule has 0 aromatic carbocycles. The van der Waals surface area contributed by atoms with Gasteiger partial charge in [0.25, 0.3) is 0 Å². The molecule has 1 fully saturated rings. The SMILES string of the molecule is CC.CS(=O)C(C)(CC1CC(c2ccc(C#CC3CC3)cn2)=NO1)C(=O)O. The summed E-state index contributed by atoms with van der Waals surface area (Å²) in [5, 5.41) is 13.4. The lowest BCUT2D eigenvalue weighted by Gasteiger charge is -2.24. The molecule has 0 bridgehead atoms. The summed E-state index contributed by atoms with van der Waals surface area (Å²) in [6.45, 7) is 5.47. The molecule has 7 heteroatoms. The number of rotatable bonds is 5. The number of pyridine rings is 1. The average Bonchev–Trinajstić information content (AvgIpc) is 3.39. The number of nitrogens with zero attached hydrogens (tertiary/aromatic N) is 2. The number of hydrogen-bond donors (Lipinski definition) is 1. The van der Waals surface area contributed by atoms with Crippen LogP contribution in [0.4, 0.5) is 0 Å². The highest BCUT2D eigenvalue weighted by Crippen LogP contribution is 2.28. The normalized spacial score (nSPS) is 21.3. The first-order valence-corrected chi connectivity index (χ1v) is 10.7. The molecule has 0 radical (unpaired) electrons. The van der Waals surface area contributed by atoms with Crippen molar-refractivity contribution in [1.82, 2.24) is 4.98 Å². The minimum absolute atomic E-state index is 0.128. The zero-order chi connectivity index (χ0) is 20.0. The summed E-state index contributed by atoms with van der Waals surface area (Å²) < 4.78 is 10.5. The van der Waals surface area contributed by atoms with Gasteiger partial charge in [0.05, 0.1) is 5.69 Å². The van der Waals surface area contributed by atoms with Crippen molar-refractivity contribution < 1.29 is 18.9 Å². The Morgan fingerprint density at radius 1 is 1.41 bits per heavy atom. The van der Waals surface area contributed by atoms with Crippen LogP contribution in [-0.4, -0.2) is 43.1 Å². The number of carboxylic acid groups (broad SMARTS) is 1. The minimum Gasteiger partial charge on any atom is -0.480 e. The molecular formula is C20H26N2O4S. The second kappa shape index (κ2) is 9.14. The fourth-order valence-corrected chi connectivity index (χ4v) is 3.17. The topological polar surface area (TPSA) is 88.9 Å². The molecule has 3 rings (SSSR count). The van der Waals surface area contributed by atoms with Crippen molar-refractivity contribution in [1.29, 1.82) is 0 Å². The highest BCUT2D eigenvalue weighted by Gasteiger charge is 2.42. The largest absolute Gasteiger partial charge is 0.480 e. The van der Waals surface area contributed by atoms with Crippen molar-refractivity contribution >= 4 is 22.5 Å². The van der Waals surface area contributed by atoms with Crippen LogP contribution in [0.3, 0.4) is 0 Å². The Bertz CT molecular complexity index is 774. The van der Waals surface area contributed by atoms with E-state index in [2.05, 4.69) is 22.0 Å². The molecule has 3 unspecified atom stereocenters. The zero-order valence-electron chi connectivity index (χ0n) is 16.2. The van der Waals surface area contributed by atoms with E-state index in [4.69, 9.17) is 4.84 Å². The second-order valence-electron chi connectivity index (χ2n) is 6.64. The van der Waals surface area contributed by atoms with E-state index in [9.17, 15) is 14.1 Å². The molecule has 3 atom stereocenters. The Labute approximate surface area is 162 Å². The summed E-state index contributed by atoms with van der Waals surface area (Å²) in [6, 6.07) is 3.74. The van der Waals surface area contributed by atoms with Gasteiger partial charge >= 0.3 is 5.97 Å². The first-order valence-electron chi connectivity index (χ1n) is 9.16. The summed E-state index contributed by atoms with van der Waals surface area (Å²) in [5.74, 6) is 5.74. The number of hydrogen-bond acceptors (Lipinski definition) is 5. The number of carboxylic acids is 1. The predicted molar refractivity (Wildman–Crippen MR) is 106 cm³/mol. The van der Waals surface area contributed by atoms with Gasteiger partial charge in [0.15, 0.2) is 0 Å². The maximum absolute atomic E-state index is 11.8. The number of aliphatic carboxylic acids is 1. The average molecular weight is 391 g/mol. The van der Waals surface area contributed by atoms with E-state index in [0.717, 1.165) is 5.56 Å². The van der Waals surface area contributed by atoms with Crippen LogP contribution in [0.5, 0.6) is 0 Å². The van der Waals surface area contributed by atoms with E-state index in [1.165, 1.54) is 26.0 Å². The highest BCUT2D eigenvalue weighted by atomic mass is 32.2. The third-order valence-corrected chi connectivity index (χ3v) is 6.10. The van der Waals surface area contributed by atoms with Gasteiger partial charge in [0.2, 0.25) is 0 Å². The lowest BCUT2D eigenvalue weighted by atomic mass is 9.98. The van der Waals surface area contributed by atoms with E-state index in [-0.39, 0.29) is 6.42 Å². The van der Waals surface area contributed by atoms with Gasteiger partial charge in [-0.2, -0.15) is 0 Å². The molecule has 2 heterocycles. The summed E-state index contributed by atoms with van der Waals surface area (Å²) in [7, 11) is -1.52. The van der Waals surface area contributed by atoms with Gasteiger partial charge in [0.1, 0.15) is 16.6 Å². The Kier molecular flexibility index (Phi) is 7.14. The lowest BCUT2D eigenvalue weighted by Crippen LogP contribution is -2.42. The van der Waals surface area contributed by atoms with E-state index >= 15 is 0 Å². The maximum Gasteiger partial charge on any atom is 0.322 e. The summed E-state index contributed by atoms with van der Waals surface area (Å²) in [5.41, 5.74) is 2.22. The van der Waals surface area contributed by atoms with Crippen molar-refractivity contribution in [3.05, 3.63) is 29.6 Å². The number of oxime groups is 1. The number of carbonyl (C=O) groups is 1. The van der Waals surface area contributed by atoms with Gasteiger partial charge < -0.3 is 9.94 Å². The Morgan fingerprint density at radius 3 is 2.63 bits per heavy atom. The third kappa shape index (κ3) is 5.39. The smallest absolute Gasteiger partial charge is 0.322 e. The van der Waals surface area contributed by atoms with Gasteiger partial charge in [-0.15, -0.1) is 0 Å². The van der Waals surface area contributed by atoms with Crippen molar-refractivity contribution in [2.45, 2.75) is 57.3 Å². The van der Waals surface area contributed by atoms with Crippen LogP contribution in [0, 0.1) is 17.8 Å². The highest BCUT2D eigenvalue weighted by molar-refractivity contribution is 7.86. The molecule has 27 heavy (non-hydrogen) atoms. The van der Waals surface area contributed by atoms with E-state index in [0.29, 0.717) is 23.7 Å². The van der Waals surface area contributed by atoms with Crippen molar-refractivity contribution in [3.8, 4) is 11.8 Å². The maximum atomic E-state index is 11.8. The zero-order valence-corrected chi connectivity index (χ0v) is 17.0. The molecule has 0 saturated heterocycles. The van der Waals surface area contributed by atoms with Gasteiger partial charge in [-0.1, -0.05) is 30.8 Å². The second-order valence-corrected chi connectivity index (χ2v) is 8.45. The molecule has 146 valence electrons. The van der Waals surface area contributed by atoms with Crippen LogP contribution < -0.4 is 0 Å². The first-order chi connectivity index (χ1) is 12.9. The predicted octanol–water partition coefficient (Wildman–Crippen LogP) is 2.97. The van der Waals surface area contributed by atoms with Gasteiger partial charge in [-0.3, -0.25) is 14.0 Å². The fraction of sp³-hybridized carbons (Fsp3) is 0.550. The standard InChI is InChI=1S/C18H20N2O4S.C2H6/c1-18(17(21)22,25(2)23)10-14-9-16(20-24-14)15-8-7-13(11-19-15)6-5-12-3-4-12;1-2/h7-8,11-12,14H,3-4,9-10H2,1-2H3,(H,21,22);1-2H3. The Balaban J connectivity index is 0.00000126. The molecule has 6 nitrogen and oxygen atoms in total. The molecule has 0 amide bonds. The van der Waals surface area contributed by atoms with Gasteiger partial charge in [0, 0.05) is 47.6 Å². The molecule has 1 N–H and O–H groups in total. The minimum atomic E-state index is -1.52. The number of aromatic nitrogens is 1. The van der Waals surface area contributed by atoms with Crippen LogP contribution in [0.15, 0.2) is 23.5 Å². The third-order valence-electron chi connectivity index (χ3n) is 4.49. The molecule has 1 aliphatic carbocycles. The summed E-state index contributed by atoms with van der Waals surface area (Å²) >= 11 is 0. The molecule has 2 aliphatic rings. The van der Waals surface area contributed by atoms with E-state index < -0.39 is 27.6 Å². The quantitative estimate of drug-likeness (QED) is 0.781. The summed E-state index contributed by atoms with van der Waals surface area (Å²) in [6.07, 6.45) is 5.63. The van der Waals surface area contributed by atoms with Gasteiger partial charge in [-0.25, -0.2) is 0 Å². The fourth-order valence-electron chi connectivity index (χ4n) is 2.50. The molecule has 0 spiro atoms. The monoisotopic (exact) mass is 390 g/mol. The lowest BCUT2D eigenvalue weighted by molar-refractivity contribution is -0.140. The van der Waals surface area contributed by atoms with Crippen molar-refractivity contribution in [2.75, 3.05) is 6.26 Å². The molecular weight excluding hydrogens is 364 g/mol. The van der Waals surface area contributed by atoms with E-state index in [1.807, 2.05) is 26.0 Å². The van der Waals surface area contributed by atoms with E-state index in [1.54, 1.807) is 6.20 Å². The molecule has 1 aromatic heterocycles. The van der Waals surface area contributed by atoms with Crippen molar-refractivity contribution in [3.63, 3.8) is 0 Å². The molecule has 1 aromatic rings. The van der Waals surface area contributed by atoms with Crippen LogP contribution in [0.2, 0.25) is 0 Å². The molecule has 1 saturated carbocycles. The van der Waals surface area contributed by atoms with Crippen LogP contribution in [-0.2, 0) is 20.4 Å². The van der Waals surface area contributed by atoms with Crippen LogP contribution in [0.25, 0.3) is 0 Å². The first kappa shape index (κ1) is 21.1. The van der Waals surface area contributed by atoms with Crippen molar-refractivity contribution in [2.24, 2.45) is 11.1 Å². The summed E-state index contributed by atoms with van der Waals surface area (Å²) in [4.78, 5) is 21.2. The van der Waals surface area contributed by atoms with Crippen LogP contribution in [0.1, 0.15) is 57.7 Å². The van der Waals surface area contributed by atoms with Gasteiger partial charge in [-0.05, 0) is 31.9 Å². The molecule has 1 aliphatic heterocycles. The van der Waals surface area contributed by atoms with Crippen LogP contribution >= 0.6 is 0 Å². The Hall–Kier alpha value is -2.20.